The standard InChI is InChI=1S/C46H52O16/c47-45(33-1-5-37-41(29-33)59-25-17-51-11-9-49-13-21-55-37)35-3-7-39-43(31-35)61-27-19-53-16-24-58-40-8-4-36(32-44(40)62-28-20-54-15-23-57-39)46(48)34-2-6-38-42(30-34)60-26-18-52-12-10-50-14-22-56-38/h1-8,29-32H,9-28H2. The number of fused-ring (bicyclic) bond motifs is 4. The number of rotatable bonds is 4. The third-order valence-electron chi connectivity index (χ3n) is 9.45. The molecule has 3 aliphatic rings. The predicted octanol–water partition coefficient (Wildman–Crippen LogP) is 5.02. The van der Waals surface area contributed by atoms with Crippen LogP contribution in [0.5, 0.6) is 46.0 Å². The molecule has 0 amide bonds. The summed E-state index contributed by atoms with van der Waals surface area (Å²) >= 11 is 0. The summed E-state index contributed by atoms with van der Waals surface area (Å²) in [7, 11) is 0. The summed E-state index contributed by atoms with van der Waals surface area (Å²) in [5.74, 6) is 3.07. The summed E-state index contributed by atoms with van der Waals surface area (Å²) in [5.41, 5.74) is 1.61. The highest BCUT2D eigenvalue weighted by Crippen LogP contribution is 2.34. The van der Waals surface area contributed by atoms with Crippen molar-refractivity contribution in [2.24, 2.45) is 0 Å². The Bertz CT molecular complexity index is 1910. The third-order valence-corrected chi connectivity index (χ3v) is 9.45. The van der Waals surface area contributed by atoms with Gasteiger partial charge in [0.15, 0.2) is 57.6 Å². The van der Waals surface area contributed by atoms with Crippen molar-refractivity contribution in [3.63, 3.8) is 0 Å². The molecule has 0 bridgehead atoms. The summed E-state index contributed by atoms with van der Waals surface area (Å²) in [6.45, 7) is 6.38. The Morgan fingerprint density at radius 3 is 0.629 bits per heavy atom. The van der Waals surface area contributed by atoms with E-state index in [-0.39, 0.29) is 64.4 Å². The fourth-order valence-corrected chi connectivity index (χ4v) is 6.39. The molecule has 0 atom stereocenters. The fraction of sp³-hybridized carbons (Fsp3) is 0.435. The largest absolute Gasteiger partial charge is 0.487 e. The number of ether oxygens (including phenoxy) is 14. The molecule has 0 saturated carbocycles. The van der Waals surface area contributed by atoms with Crippen LogP contribution < -0.4 is 37.9 Å². The molecule has 16 nitrogen and oxygen atoms in total. The van der Waals surface area contributed by atoms with E-state index in [0.717, 1.165) is 0 Å². The van der Waals surface area contributed by atoms with Crippen LogP contribution in [0.15, 0.2) is 72.8 Å². The molecule has 0 aromatic heterocycles. The molecule has 4 aromatic rings. The molecule has 0 aliphatic carbocycles. The first kappa shape index (κ1) is 44.4. The maximum atomic E-state index is 13.8. The van der Waals surface area contributed by atoms with Gasteiger partial charge in [0.05, 0.1) is 79.3 Å². The quantitative estimate of drug-likeness (QED) is 0.251. The SMILES string of the molecule is O=C(c1ccc2c(c1)OCCOCCOCCO2)c1ccc2c(c1)OCCOCCOc1ccc(C(=O)c3ccc4c(c3)OCCOCCOCCO4)cc1OCCOCCO2. The summed E-state index contributed by atoms with van der Waals surface area (Å²) in [4.78, 5) is 27.5. The fourth-order valence-electron chi connectivity index (χ4n) is 6.39. The Morgan fingerprint density at radius 1 is 0.242 bits per heavy atom. The van der Waals surface area contributed by atoms with E-state index in [0.29, 0.717) is 148 Å². The topological polar surface area (TPSA) is 163 Å². The Morgan fingerprint density at radius 2 is 0.419 bits per heavy atom. The van der Waals surface area contributed by atoms with Crippen LogP contribution in [0, 0.1) is 0 Å². The van der Waals surface area contributed by atoms with E-state index in [1.807, 2.05) is 0 Å². The van der Waals surface area contributed by atoms with Crippen molar-refractivity contribution in [2.45, 2.75) is 0 Å². The minimum atomic E-state index is -0.237. The van der Waals surface area contributed by atoms with Crippen LogP contribution in [0.2, 0.25) is 0 Å². The lowest BCUT2D eigenvalue weighted by Gasteiger charge is -2.17. The lowest BCUT2D eigenvalue weighted by atomic mass is 10.0. The zero-order valence-corrected chi connectivity index (χ0v) is 34.6. The van der Waals surface area contributed by atoms with E-state index in [4.69, 9.17) is 66.3 Å². The molecule has 16 heteroatoms. The van der Waals surface area contributed by atoms with Gasteiger partial charge in [0.1, 0.15) is 52.9 Å². The van der Waals surface area contributed by atoms with Crippen LogP contribution in [-0.4, -0.2) is 144 Å². The van der Waals surface area contributed by atoms with E-state index in [1.54, 1.807) is 72.8 Å². The molecule has 3 heterocycles. The smallest absolute Gasteiger partial charge is 0.193 e. The number of carbonyl (C=O) groups excluding carboxylic acids is 2. The maximum Gasteiger partial charge on any atom is 0.193 e. The number of hydrogen-bond acceptors (Lipinski definition) is 16. The van der Waals surface area contributed by atoms with Gasteiger partial charge in [-0.25, -0.2) is 0 Å². The highest BCUT2D eigenvalue weighted by Gasteiger charge is 2.20. The van der Waals surface area contributed by atoms with Gasteiger partial charge in [0.2, 0.25) is 0 Å². The first-order valence-corrected chi connectivity index (χ1v) is 20.8. The van der Waals surface area contributed by atoms with Crippen molar-refractivity contribution in [2.75, 3.05) is 132 Å². The second-order valence-electron chi connectivity index (χ2n) is 13.8. The highest BCUT2D eigenvalue weighted by molar-refractivity contribution is 6.10. The van der Waals surface area contributed by atoms with Gasteiger partial charge in [-0.2, -0.15) is 0 Å². The number of ketones is 2. The van der Waals surface area contributed by atoms with Crippen LogP contribution in [-0.2, 0) is 28.4 Å². The summed E-state index contributed by atoms with van der Waals surface area (Å²) in [6.07, 6.45) is 0. The summed E-state index contributed by atoms with van der Waals surface area (Å²) in [6, 6.07) is 20.2. The Balaban J connectivity index is 0.969. The second kappa shape index (κ2) is 24.1. The number of benzene rings is 4. The average Bonchev–Trinajstić information content (AvgIpc) is 3.28. The molecule has 0 saturated heterocycles. The predicted molar refractivity (Wildman–Crippen MR) is 222 cm³/mol. The van der Waals surface area contributed by atoms with Gasteiger partial charge in [-0.15, -0.1) is 0 Å². The minimum Gasteiger partial charge on any atom is -0.487 e. The van der Waals surface area contributed by atoms with Gasteiger partial charge in [-0.05, 0) is 72.8 Å². The molecule has 62 heavy (non-hydrogen) atoms. The lowest BCUT2D eigenvalue weighted by Crippen LogP contribution is -2.16. The van der Waals surface area contributed by atoms with Gasteiger partial charge < -0.3 is 66.3 Å². The summed E-state index contributed by atoms with van der Waals surface area (Å²) < 4.78 is 81.5. The molecule has 0 N–H and O–H groups in total. The Labute approximate surface area is 360 Å². The first-order chi connectivity index (χ1) is 30.6. The second-order valence-corrected chi connectivity index (χ2v) is 13.8. The van der Waals surface area contributed by atoms with E-state index >= 15 is 0 Å². The molecule has 332 valence electrons. The van der Waals surface area contributed by atoms with Gasteiger partial charge in [-0.1, -0.05) is 0 Å². The number of carbonyl (C=O) groups is 2. The molecule has 0 fully saturated rings. The third kappa shape index (κ3) is 13.2. The van der Waals surface area contributed by atoms with Gasteiger partial charge in [0.25, 0.3) is 0 Å². The van der Waals surface area contributed by atoms with Crippen LogP contribution in [0.4, 0.5) is 0 Å². The molecule has 0 unspecified atom stereocenters. The van der Waals surface area contributed by atoms with Crippen LogP contribution in [0.3, 0.4) is 0 Å². The minimum absolute atomic E-state index is 0.174. The van der Waals surface area contributed by atoms with Crippen molar-refractivity contribution in [1.82, 2.24) is 0 Å². The van der Waals surface area contributed by atoms with E-state index in [1.165, 1.54) is 0 Å². The lowest BCUT2D eigenvalue weighted by molar-refractivity contribution is 0.0223. The first-order valence-electron chi connectivity index (χ1n) is 20.8. The molecule has 4 aromatic carbocycles. The normalized spacial score (nSPS) is 17.8. The molecule has 0 radical (unpaired) electrons. The van der Waals surface area contributed by atoms with Crippen LogP contribution in [0.25, 0.3) is 0 Å². The molecule has 0 spiro atoms. The molecular formula is C46H52O16. The zero-order valence-electron chi connectivity index (χ0n) is 34.6. The molecule has 3 aliphatic heterocycles. The molecule has 7 rings (SSSR count). The van der Waals surface area contributed by atoms with E-state index < -0.39 is 0 Å². The number of hydrogen-bond donors (Lipinski definition) is 0. The van der Waals surface area contributed by atoms with Crippen LogP contribution >= 0.6 is 0 Å². The zero-order chi connectivity index (χ0) is 42.6. The summed E-state index contributed by atoms with van der Waals surface area (Å²) in [5, 5.41) is 0. The Hall–Kier alpha value is -5.62. The van der Waals surface area contributed by atoms with E-state index in [9.17, 15) is 9.59 Å². The van der Waals surface area contributed by atoms with Crippen molar-refractivity contribution in [3.8, 4) is 46.0 Å². The maximum absolute atomic E-state index is 13.8. The van der Waals surface area contributed by atoms with Crippen molar-refractivity contribution in [1.29, 1.82) is 0 Å². The van der Waals surface area contributed by atoms with Gasteiger partial charge in [0, 0.05) is 22.3 Å². The Kier molecular flexibility index (Phi) is 17.3. The molecular weight excluding hydrogens is 808 g/mol. The van der Waals surface area contributed by atoms with E-state index in [2.05, 4.69) is 0 Å². The average molecular weight is 861 g/mol. The van der Waals surface area contributed by atoms with Crippen molar-refractivity contribution in [3.05, 3.63) is 95.1 Å². The van der Waals surface area contributed by atoms with Crippen LogP contribution in [0.1, 0.15) is 31.8 Å². The van der Waals surface area contributed by atoms with Gasteiger partial charge >= 0.3 is 0 Å². The monoisotopic (exact) mass is 860 g/mol. The van der Waals surface area contributed by atoms with Crippen molar-refractivity contribution < 1.29 is 75.9 Å². The van der Waals surface area contributed by atoms with Crippen molar-refractivity contribution >= 4 is 11.6 Å². The van der Waals surface area contributed by atoms with Gasteiger partial charge in [-0.3, -0.25) is 9.59 Å². The highest BCUT2D eigenvalue weighted by atomic mass is 16.6.